The molecular weight excluding hydrogens is 371 g/mol. The molecule has 1 aromatic carbocycles. The largest absolute Gasteiger partial charge is 0.459 e. The zero-order valence-corrected chi connectivity index (χ0v) is 12.9. The van der Waals surface area contributed by atoms with Crippen molar-refractivity contribution < 1.29 is 14.0 Å². The van der Waals surface area contributed by atoms with Gasteiger partial charge >= 0.3 is 0 Å². The molecule has 0 aliphatic carbocycles. The lowest BCUT2D eigenvalue weighted by Crippen LogP contribution is -2.32. The lowest BCUT2D eigenvalue weighted by Gasteiger charge is -2.07. The van der Waals surface area contributed by atoms with Gasteiger partial charge in [-0.3, -0.25) is 9.59 Å². The molecule has 0 saturated heterocycles. The van der Waals surface area contributed by atoms with Crippen LogP contribution >= 0.6 is 22.6 Å². The van der Waals surface area contributed by atoms with E-state index in [4.69, 9.17) is 4.42 Å². The van der Waals surface area contributed by atoms with Crippen molar-refractivity contribution in [1.29, 1.82) is 0 Å². The van der Waals surface area contributed by atoms with Crippen LogP contribution in [0.4, 0.5) is 5.69 Å². The molecule has 2 N–H and O–H groups in total. The topological polar surface area (TPSA) is 71.3 Å². The van der Waals surface area contributed by atoms with Gasteiger partial charge in [0.05, 0.1) is 12.8 Å². The van der Waals surface area contributed by atoms with Crippen LogP contribution < -0.4 is 10.6 Å². The van der Waals surface area contributed by atoms with Gasteiger partial charge in [0.25, 0.3) is 5.91 Å². The van der Waals surface area contributed by atoms with Gasteiger partial charge < -0.3 is 15.1 Å². The zero-order valence-electron chi connectivity index (χ0n) is 10.8. The van der Waals surface area contributed by atoms with Gasteiger partial charge in [-0.15, -0.1) is 0 Å². The van der Waals surface area contributed by atoms with Gasteiger partial charge in [0.2, 0.25) is 5.91 Å². The lowest BCUT2D eigenvalue weighted by molar-refractivity contribution is -0.115. The smallest absolute Gasteiger partial charge is 0.287 e. The van der Waals surface area contributed by atoms with E-state index in [1.165, 1.54) is 12.3 Å². The average Bonchev–Trinajstić information content (AvgIpc) is 2.94. The molecule has 0 atom stereocenters. The van der Waals surface area contributed by atoms with Crippen molar-refractivity contribution in [3.63, 3.8) is 0 Å². The molecule has 0 aliphatic heterocycles. The van der Waals surface area contributed by atoms with E-state index in [9.17, 15) is 9.59 Å². The van der Waals surface area contributed by atoms with Crippen LogP contribution in [0.15, 0.2) is 41.0 Å². The number of aryl methyl sites for hydroxylation is 1. The quantitative estimate of drug-likeness (QED) is 0.797. The third kappa shape index (κ3) is 3.83. The van der Waals surface area contributed by atoms with Gasteiger partial charge in [-0.2, -0.15) is 0 Å². The summed E-state index contributed by atoms with van der Waals surface area (Å²) in [5.74, 6) is -0.518. The fourth-order valence-electron chi connectivity index (χ4n) is 1.53. The van der Waals surface area contributed by atoms with Gasteiger partial charge in [0, 0.05) is 9.26 Å². The van der Waals surface area contributed by atoms with Crippen LogP contribution in [-0.4, -0.2) is 18.4 Å². The third-order valence-corrected chi connectivity index (χ3v) is 3.77. The Morgan fingerprint density at radius 3 is 2.75 bits per heavy atom. The molecule has 0 radical (unpaired) electrons. The number of nitrogens with one attached hydrogen (secondary N) is 2. The van der Waals surface area contributed by atoms with Crippen LogP contribution in [0.5, 0.6) is 0 Å². The minimum absolute atomic E-state index is 0.107. The van der Waals surface area contributed by atoms with E-state index in [0.29, 0.717) is 5.69 Å². The van der Waals surface area contributed by atoms with Crippen molar-refractivity contribution in [1.82, 2.24) is 5.32 Å². The van der Waals surface area contributed by atoms with E-state index in [1.807, 2.05) is 25.1 Å². The van der Waals surface area contributed by atoms with E-state index in [0.717, 1.165) is 9.13 Å². The van der Waals surface area contributed by atoms with Crippen LogP contribution in [0.25, 0.3) is 0 Å². The first-order valence-corrected chi connectivity index (χ1v) is 7.02. The molecule has 0 unspecified atom stereocenters. The van der Waals surface area contributed by atoms with Gasteiger partial charge in [0.1, 0.15) is 0 Å². The summed E-state index contributed by atoms with van der Waals surface area (Å²) in [5.41, 5.74) is 1.85. The number of anilines is 1. The summed E-state index contributed by atoms with van der Waals surface area (Å²) in [6.07, 6.45) is 1.41. The van der Waals surface area contributed by atoms with Crippen LogP contribution in [0.3, 0.4) is 0 Å². The first-order valence-electron chi connectivity index (χ1n) is 5.94. The minimum atomic E-state index is -0.413. The Kier molecular flexibility index (Phi) is 4.78. The summed E-state index contributed by atoms with van der Waals surface area (Å²) < 4.78 is 6.00. The van der Waals surface area contributed by atoms with Crippen molar-refractivity contribution >= 4 is 40.1 Å². The maximum absolute atomic E-state index is 11.7. The second-order valence-electron chi connectivity index (χ2n) is 4.17. The standard InChI is InChI=1S/C14H13IN2O3/c1-9-4-5-10(7-11(9)15)17-13(18)8-16-14(19)12-3-2-6-20-12/h2-7H,8H2,1H3,(H,16,19)(H,17,18). The molecule has 0 bridgehead atoms. The van der Waals surface area contributed by atoms with Crippen molar-refractivity contribution in [3.05, 3.63) is 51.5 Å². The number of furan rings is 1. The Balaban J connectivity index is 1.86. The Labute approximate surface area is 129 Å². The Morgan fingerprint density at radius 2 is 2.10 bits per heavy atom. The molecule has 104 valence electrons. The van der Waals surface area contributed by atoms with Crippen molar-refractivity contribution in [2.24, 2.45) is 0 Å². The van der Waals surface area contributed by atoms with Gasteiger partial charge in [-0.1, -0.05) is 6.07 Å². The molecular formula is C14H13IN2O3. The maximum Gasteiger partial charge on any atom is 0.287 e. The Bertz CT molecular complexity index is 623. The highest BCUT2D eigenvalue weighted by atomic mass is 127. The summed E-state index contributed by atoms with van der Waals surface area (Å²) in [6, 6.07) is 8.78. The molecule has 2 rings (SSSR count). The number of carbonyl (C=O) groups excluding carboxylic acids is 2. The molecule has 0 spiro atoms. The predicted molar refractivity (Wildman–Crippen MR) is 83.6 cm³/mol. The lowest BCUT2D eigenvalue weighted by atomic mass is 10.2. The molecule has 20 heavy (non-hydrogen) atoms. The van der Waals surface area contributed by atoms with Crippen LogP contribution in [0.2, 0.25) is 0 Å². The number of hydrogen-bond donors (Lipinski definition) is 2. The molecule has 5 nitrogen and oxygen atoms in total. The van der Waals surface area contributed by atoms with Crippen molar-refractivity contribution in [3.8, 4) is 0 Å². The number of hydrogen-bond acceptors (Lipinski definition) is 3. The highest BCUT2D eigenvalue weighted by Crippen LogP contribution is 2.16. The molecule has 2 amide bonds. The summed E-state index contributed by atoms with van der Waals surface area (Å²) in [4.78, 5) is 23.3. The molecule has 0 fully saturated rings. The maximum atomic E-state index is 11.7. The summed E-state index contributed by atoms with van der Waals surface area (Å²) >= 11 is 2.20. The SMILES string of the molecule is Cc1ccc(NC(=O)CNC(=O)c2ccco2)cc1I. The second-order valence-corrected chi connectivity index (χ2v) is 5.33. The number of benzene rings is 1. The Hall–Kier alpha value is -1.83. The van der Waals surface area contributed by atoms with Crippen LogP contribution in [0.1, 0.15) is 16.1 Å². The number of amides is 2. The highest BCUT2D eigenvalue weighted by Gasteiger charge is 2.10. The first kappa shape index (κ1) is 14.6. The van der Waals surface area contributed by atoms with Crippen LogP contribution in [-0.2, 0) is 4.79 Å². The monoisotopic (exact) mass is 384 g/mol. The summed E-state index contributed by atoms with van der Waals surface area (Å²) in [6.45, 7) is 1.89. The second kappa shape index (κ2) is 6.56. The first-order chi connectivity index (χ1) is 9.56. The molecule has 1 heterocycles. The third-order valence-electron chi connectivity index (χ3n) is 2.61. The van der Waals surface area contributed by atoms with E-state index in [-0.39, 0.29) is 18.2 Å². The predicted octanol–water partition coefficient (Wildman–Crippen LogP) is 2.56. The Morgan fingerprint density at radius 1 is 1.30 bits per heavy atom. The van der Waals surface area contributed by atoms with Gasteiger partial charge in [-0.25, -0.2) is 0 Å². The average molecular weight is 384 g/mol. The molecule has 1 aromatic heterocycles. The number of halogens is 1. The minimum Gasteiger partial charge on any atom is -0.459 e. The zero-order chi connectivity index (χ0) is 14.5. The normalized spacial score (nSPS) is 10.1. The number of rotatable bonds is 4. The number of carbonyl (C=O) groups is 2. The molecule has 0 aliphatic rings. The van der Waals surface area contributed by atoms with Gasteiger partial charge in [-0.05, 0) is 59.3 Å². The molecule has 6 heteroatoms. The fourth-order valence-corrected chi connectivity index (χ4v) is 2.05. The van der Waals surface area contributed by atoms with E-state index in [1.54, 1.807) is 6.07 Å². The van der Waals surface area contributed by atoms with Gasteiger partial charge in [0.15, 0.2) is 5.76 Å². The summed E-state index contributed by atoms with van der Waals surface area (Å²) in [7, 11) is 0. The van der Waals surface area contributed by atoms with Crippen LogP contribution in [0, 0.1) is 10.5 Å². The van der Waals surface area contributed by atoms with E-state index in [2.05, 4.69) is 33.2 Å². The van der Waals surface area contributed by atoms with Crippen molar-refractivity contribution in [2.75, 3.05) is 11.9 Å². The van der Waals surface area contributed by atoms with E-state index >= 15 is 0 Å². The fraction of sp³-hybridized carbons (Fsp3) is 0.143. The van der Waals surface area contributed by atoms with E-state index < -0.39 is 5.91 Å². The molecule has 0 saturated carbocycles. The van der Waals surface area contributed by atoms with Crippen molar-refractivity contribution in [2.45, 2.75) is 6.92 Å². The highest BCUT2D eigenvalue weighted by molar-refractivity contribution is 14.1. The summed E-state index contributed by atoms with van der Waals surface area (Å²) in [5, 5.41) is 5.21. The molecule has 2 aromatic rings.